The van der Waals surface area contributed by atoms with Gasteiger partial charge in [-0.25, -0.2) is 4.39 Å². The van der Waals surface area contributed by atoms with Crippen molar-refractivity contribution in [3.05, 3.63) is 70.5 Å². The van der Waals surface area contributed by atoms with E-state index in [4.69, 9.17) is 11.6 Å². The van der Waals surface area contributed by atoms with E-state index in [1.54, 1.807) is 30.3 Å². The molecule has 1 N–H and O–H groups in total. The molecular formula is C15H13ClFNO. The number of amides is 1. The van der Waals surface area contributed by atoms with E-state index in [1.807, 2.05) is 12.1 Å². The molecule has 0 aliphatic carbocycles. The Morgan fingerprint density at radius 1 is 1.11 bits per heavy atom. The van der Waals surface area contributed by atoms with Crippen LogP contribution in [0.1, 0.15) is 11.1 Å². The molecule has 0 aliphatic rings. The second-order valence-corrected chi connectivity index (χ2v) is 4.61. The van der Waals surface area contributed by atoms with Gasteiger partial charge >= 0.3 is 0 Å². The van der Waals surface area contributed by atoms with Crippen molar-refractivity contribution in [1.29, 1.82) is 0 Å². The maximum atomic E-state index is 13.4. The van der Waals surface area contributed by atoms with Crippen LogP contribution in [0.5, 0.6) is 0 Å². The molecule has 0 fully saturated rings. The van der Waals surface area contributed by atoms with Crippen molar-refractivity contribution in [3.63, 3.8) is 0 Å². The fourth-order valence-corrected chi connectivity index (χ4v) is 1.81. The second-order valence-electron chi connectivity index (χ2n) is 4.17. The average Bonchev–Trinajstić information content (AvgIpc) is 2.41. The zero-order valence-electron chi connectivity index (χ0n) is 10.2. The number of carbonyl (C=O) groups is 1. The summed E-state index contributed by atoms with van der Waals surface area (Å²) in [6, 6.07) is 13.5. The van der Waals surface area contributed by atoms with E-state index < -0.39 is 0 Å². The quantitative estimate of drug-likeness (QED) is 0.912. The lowest BCUT2D eigenvalue weighted by Crippen LogP contribution is -2.24. The smallest absolute Gasteiger partial charge is 0.224 e. The van der Waals surface area contributed by atoms with Crippen molar-refractivity contribution in [1.82, 2.24) is 5.32 Å². The van der Waals surface area contributed by atoms with Crippen LogP contribution in [0, 0.1) is 5.82 Å². The van der Waals surface area contributed by atoms with Gasteiger partial charge in [0.15, 0.2) is 0 Å². The van der Waals surface area contributed by atoms with Crippen LogP contribution in [-0.4, -0.2) is 5.91 Å². The van der Waals surface area contributed by atoms with Crippen molar-refractivity contribution >= 4 is 17.5 Å². The lowest BCUT2D eigenvalue weighted by atomic mass is 10.1. The highest BCUT2D eigenvalue weighted by Crippen LogP contribution is 2.10. The minimum absolute atomic E-state index is 0.0419. The molecule has 2 nitrogen and oxygen atoms in total. The van der Waals surface area contributed by atoms with Crippen molar-refractivity contribution < 1.29 is 9.18 Å². The van der Waals surface area contributed by atoms with Gasteiger partial charge in [-0.2, -0.15) is 0 Å². The number of hydrogen-bond acceptors (Lipinski definition) is 1. The van der Waals surface area contributed by atoms with Gasteiger partial charge in [0, 0.05) is 11.6 Å². The van der Waals surface area contributed by atoms with Crippen LogP contribution in [-0.2, 0) is 17.8 Å². The molecule has 0 aliphatic heterocycles. The lowest BCUT2D eigenvalue weighted by molar-refractivity contribution is -0.120. The highest BCUT2D eigenvalue weighted by molar-refractivity contribution is 6.30. The van der Waals surface area contributed by atoms with Crippen molar-refractivity contribution in [3.8, 4) is 0 Å². The van der Waals surface area contributed by atoms with Gasteiger partial charge in [-0.05, 0) is 29.3 Å². The maximum absolute atomic E-state index is 13.4. The first-order valence-corrected chi connectivity index (χ1v) is 6.27. The molecule has 98 valence electrons. The van der Waals surface area contributed by atoms with Crippen LogP contribution in [0.25, 0.3) is 0 Å². The maximum Gasteiger partial charge on any atom is 0.224 e. The normalized spacial score (nSPS) is 10.2. The molecule has 19 heavy (non-hydrogen) atoms. The lowest BCUT2D eigenvalue weighted by Gasteiger charge is -2.06. The van der Waals surface area contributed by atoms with Gasteiger partial charge in [-0.1, -0.05) is 41.9 Å². The minimum atomic E-state index is -0.357. The third kappa shape index (κ3) is 4.07. The van der Waals surface area contributed by atoms with E-state index in [1.165, 1.54) is 6.07 Å². The molecule has 4 heteroatoms. The predicted octanol–water partition coefficient (Wildman–Crippen LogP) is 3.34. The van der Waals surface area contributed by atoms with Crippen LogP contribution in [0.3, 0.4) is 0 Å². The summed E-state index contributed by atoms with van der Waals surface area (Å²) >= 11 is 5.77. The van der Waals surface area contributed by atoms with Crippen LogP contribution in [0.15, 0.2) is 48.5 Å². The first kappa shape index (κ1) is 13.6. The Hall–Kier alpha value is -1.87. The van der Waals surface area contributed by atoms with Crippen LogP contribution >= 0.6 is 11.6 Å². The van der Waals surface area contributed by atoms with Crippen molar-refractivity contribution in [2.75, 3.05) is 0 Å². The summed E-state index contributed by atoms with van der Waals surface area (Å²) in [5, 5.41) is 3.40. The summed E-state index contributed by atoms with van der Waals surface area (Å²) in [4.78, 5) is 11.7. The largest absolute Gasteiger partial charge is 0.352 e. The van der Waals surface area contributed by atoms with Gasteiger partial charge in [0.1, 0.15) is 5.82 Å². The Morgan fingerprint density at radius 2 is 1.79 bits per heavy atom. The molecule has 1 amide bonds. The van der Waals surface area contributed by atoms with Crippen LogP contribution < -0.4 is 5.32 Å². The third-order valence-corrected chi connectivity index (χ3v) is 2.96. The first-order valence-electron chi connectivity index (χ1n) is 5.90. The molecule has 0 aromatic heterocycles. The van der Waals surface area contributed by atoms with E-state index >= 15 is 0 Å². The van der Waals surface area contributed by atoms with Crippen LogP contribution in [0.4, 0.5) is 4.39 Å². The van der Waals surface area contributed by atoms with Gasteiger partial charge < -0.3 is 5.32 Å². The number of nitrogens with one attached hydrogen (secondary N) is 1. The van der Waals surface area contributed by atoms with Crippen molar-refractivity contribution in [2.45, 2.75) is 13.0 Å². The number of hydrogen-bond donors (Lipinski definition) is 1. The number of rotatable bonds is 4. The van der Waals surface area contributed by atoms with Gasteiger partial charge in [0.25, 0.3) is 0 Å². The van der Waals surface area contributed by atoms with E-state index in [-0.39, 0.29) is 18.1 Å². The minimum Gasteiger partial charge on any atom is -0.352 e. The molecule has 2 aromatic rings. The molecule has 2 aromatic carbocycles. The third-order valence-electron chi connectivity index (χ3n) is 2.71. The first-order chi connectivity index (χ1) is 9.15. The zero-order chi connectivity index (χ0) is 13.7. The van der Waals surface area contributed by atoms with E-state index in [9.17, 15) is 9.18 Å². The average molecular weight is 278 g/mol. The summed E-state index contributed by atoms with van der Waals surface area (Å²) in [5.74, 6) is -0.566. The highest BCUT2D eigenvalue weighted by atomic mass is 35.5. The van der Waals surface area contributed by atoms with Gasteiger partial charge in [0.05, 0.1) is 6.42 Å². The number of halogens is 2. The molecule has 0 atom stereocenters. The van der Waals surface area contributed by atoms with Crippen molar-refractivity contribution in [2.24, 2.45) is 0 Å². The molecular weight excluding hydrogens is 265 g/mol. The molecule has 0 bridgehead atoms. The van der Waals surface area contributed by atoms with E-state index in [0.29, 0.717) is 17.1 Å². The molecule has 2 rings (SSSR count). The Balaban J connectivity index is 1.88. The summed E-state index contributed by atoms with van der Waals surface area (Å²) in [5.41, 5.74) is 1.35. The number of benzene rings is 2. The monoisotopic (exact) mass is 277 g/mol. The van der Waals surface area contributed by atoms with E-state index in [0.717, 1.165) is 5.56 Å². The van der Waals surface area contributed by atoms with E-state index in [2.05, 4.69) is 5.32 Å². The summed E-state index contributed by atoms with van der Waals surface area (Å²) in [7, 11) is 0. The molecule has 0 spiro atoms. The van der Waals surface area contributed by atoms with Gasteiger partial charge in [0.2, 0.25) is 5.91 Å². The highest BCUT2D eigenvalue weighted by Gasteiger charge is 2.07. The van der Waals surface area contributed by atoms with Gasteiger partial charge in [-0.15, -0.1) is 0 Å². The fourth-order valence-electron chi connectivity index (χ4n) is 1.68. The standard InChI is InChI=1S/C15H13ClFNO/c16-13-7-5-11(6-8-13)10-18-15(19)9-12-3-1-2-4-14(12)17/h1-8H,9-10H2,(H,18,19). The molecule has 0 saturated carbocycles. The number of carbonyl (C=O) groups excluding carboxylic acids is 1. The second kappa shape index (κ2) is 6.34. The Kier molecular flexibility index (Phi) is 4.53. The Morgan fingerprint density at radius 3 is 2.47 bits per heavy atom. The molecule has 0 saturated heterocycles. The summed E-state index contributed by atoms with van der Waals surface area (Å²) < 4.78 is 13.4. The zero-order valence-corrected chi connectivity index (χ0v) is 11.0. The fraction of sp³-hybridized carbons (Fsp3) is 0.133. The van der Waals surface area contributed by atoms with Crippen LogP contribution in [0.2, 0.25) is 5.02 Å². The Bertz CT molecular complexity index is 569. The molecule has 0 unspecified atom stereocenters. The van der Waals surface area contributed by atoms with Gasteiger partial charge in [-0.3, -0.25) is 4.79 Å². The summed E-state index contributed by atoms with van der Waals surface area (Å²) in [6.45, 7) is 0.407. The molecule has 0 heterocycles. The topological polar surface area (TPSA) is 29.1 Å². The SMILES string of the molecule is O=C(Cc1ccccc1F)NCc1ccc(Cl)cc1. The summed E-state index contributed by atoms with van der Waals surface area (Å²) in [6.07, 6.45) is 0.0419. The molecule has 0 radical (unpaired) electrons. The Labute approximate surface area is 116 Å². The predicted molar refractivity (Wildman–Crippen MR) is 73.4 cm³/mol.